The van der Waals surface area contributed by atoms with Crippen molar-refractivity contribution in [1.82, 2.24) is 0 Å². The minimum absolute atomic E-state index is 0.450. The van der Waals surface area contributed by atoms with Crippen molar-refractivity contribution < 1.29 is 0 Å². The summed E-state index contributed by atoms with van der Waals surface area (Å²) in [6.07, 6.45) is 9.83. The Morgan fingerprint density at radius 1 is 1.12 bits per heavy atom. The highest BCUT2D eigenvalue weighted by Gasteiger charge is 2.42. The predicted molar refractivity (Wildman–Crippen MR) is 76.8 cm³/mol. The quantitative estimate of drug-likeness (QED) is 0.684. The first-order valence-electron chi connectivity index (χ1n) is 7.01. The van der Waals surface area contributed by atoms with E-state index in [0.29, 0.717) is 5.41 Å². The number of rotatable bonds is 2. The molecule has 0 aromatic heterocycles. The molecule has 3 rings (SSSR count). The number of fused-ring (bicyclic) bond motifs is 1. The van der Waals surface area contributed by atoms with E-state index in [2.05, 4.69) is 40.2 Å². The van der Waals surface area contributed by atoms with Crippen molar-refractivity contribution in [2.75, 3.05) is 5.33 Å². The fourth-order valence-corrected chi connectivity index (χ4v) is 5.14. The zero-order chi connectivity index (χ0) is 11.7. The summed E-state index contributed by atoms with van der Waals surface area (Å²) >= 11 is 3.85. The lowest BCUT2D eigenvalue weighted by Gasteiger charge is -2.43. The van der Waals surface area contributed by atoms with Crippen LogP contribution < -0.4 is 0 Å². The smallest absolute Gasteiger partial charge is 0.0131 e. The monoisotopic (exact) mass is 292 g/mol. The van der Waals surface area contributed by atoms with Gasteiger partial charge in [0, 0.05) is 10.7 Å². The normalized spacial score (nSPS) is 29.2. The molecule has 1 aromatic carbocycles. The second-order valence-corrected chi connectivity index (χ2v) is 6.34. The number of alkyl halides is 1. The Morgan fingerprint density at radius 2 is 1.88 bits per heavy atom. The largest absolute Gasteiger partial charge is 0.0918 e. The lowest BCUT2D eigenvalue weighted by atomic mass is 9.63. The summed E-state index contributed by atoms with van der Waals surface area (Å²) in [5.74, 6) is 0.920. The first-order chi connectivity index (χ1) is 8.37. The molecule has 2 aliphatic rings. The van der Waals surface area contributed by atoms with Crippen LogP contribution in [0.4, 0.5) is 0 Å². The topological polar surface area (TPSA) is 0 Å². The minimum atomic E-state index is 0.450. The van der Waals surface area contributed by atoms with Crippen LogP contribution in [-0.4, -0.2) is 5.33 Å². The molecule has 0 N–H and O–H groups in total. The second kappa shape index (κ2) is 4.76. The lowest BCUT2D eigenvalue weighted by molar-refractivity contribution is 0.265. The van der Waals surface area contributed by atoms with Crippen molar-refractivity contribution in [3.05, 3.63) is 35.4 Å². The molecule has 1 heteroatoms. The van der Waals surface area contributed by atoms with Gasteiger partial charge >= 0.3 is 0 Å². The van der Waals surface area contributed by atoms with Gasteiger partial charge in [0.1, 0.15) is 0 Å². The van der Waals surface area contributed by atoms with Crippen LogP contribution in [0.5, 0.6) is 0 Å². The van der Waals surface area contributed by atoms with Crippen LogP contribution in [0, 0.1) is 5.92 Å². The highest BCUT2D eigenvalue weighted by Crippen LogP contribution is 2.49. The van der Waals surface area contributed by atoms with E-state index in [1.54, 1.807) is 11.1 Å². The second-order valence-electron chi connectivity index (χ2n) is 5.78. The first kappa shape index (κ1) is 11.8. The summed E-state index contributed by atoms with van der Waals surface area (Å²) in [7, 11) is 0. The SMILES string of the molecule is BrCC1(C2CCCC2)CCCc2ccccc21. The number of hydrogen-bond donors (Lipinski definition) is 0. The third kappa shape index (κ3) is 1.87. The van der Waals surface area contributed by atoms with Crippen LogP contribution in [0.2, 0.25) is 0 Å². The molecule has 0 aliphatic heterocycles. The molecule has 0 nitrogen and oxygen atoms in total. The Labute approximate surface area is 113 Å². The van der Waals surface area contributed by atoms with Crippen LogP contribution in [0.25, 0.3) is 0 Å². The van der Waals surface area contributed by atoms with Crippen molar-refractivity contribution >= 4 is 15.9 Å². The van der Waals surface area contributed by atoms with E-state index in [-0.39, 0.29) is 0 Å². The third-order valence-electron chi connectivity index (χ3n) is 5.00. The van der Waals surface area contributed by atoms with Crippen molar-refractivity contribution in [3.8, 4) is 0 Å². The van der Waals surface area contributed by atoms with Crippen molar-refractivity contribution in [3.63, 3.8) is 0 Å². The average molecular weight is 293 g/mol. The summed E-state index contributed by atoms with van der Waals surface area (Å²) in [5.41, 5.74) is 3.73. The molecule has 0 radical (unpaired) electrons. The number of aryl methyl sites for hydroxylation is 1. The molecule has 0 bridgehead atoms. The highest BCUT2D eigenvalue weighted by atomic mass is 79.9. The van der Waals surface area contributed by atoms with E-state index in [1.165, 1.54) is 44.9 Å². The predicted octanol–water partition coefficient (Wildman–Crippen LogP) is 4.85. The zero-order valence-electron chi connectivity index (χ0n) is 10.4. The van der Waals surface area contributed by atoms with Gasteiger partial charge in [-0.25, -0.2) is 0 Å². The fourth-order valence-electron chi connectivity index (χ4n) is 4.10. The number of halogens is 1. The van der Waals surface area contributed by atoms with Crippen molar-refractivity contribution in [2.24, 2.45) is 5.92 Å². The van der Waals surface area contributed by atoms with E-state index in [9.17, 15) is 0 Å². The van der Waals surface area contributed by atoms with E-state index >= 15 is 0 Å². The van der Waals surface area contributed by atoms with Crippen molar-refractivity contribution in [2.45, 2.75) is 50.4 Å². The molecule has 0 saturated heterocycles. The molecule has 1 saturated carbocycles. The summed E-state index contributed by atoms with van der Waals surface area (Å²) in [4.78, 5) is 0. The van der Waals surface area contributed by atoms with Crippen LogP contribution in [0.1, 0.15) is 49.7 Å². The maximum atomic E-state index is 3.85. The van der Waals surface area contributed by atoms with Crippen LogP contribution in [0.15, 0.2) is 24.3 Å². The zero-order valence-corrected chi connectivity index (χ0v) is 12.0. The number of benzene rings is 1. The molecular weight excluding hydrogens is 272 g/mol. The van der Waals surface area contributed by atoms with Gasteiger partial charge in [-0.15, -0.1) is 0 Å². The third-order valence-corrected chi connectivity index (χ3v) is 6.00. The Kier molecular flexibility index (Phi) is 3.30. The number of hydrogen-bond acceptors (Lipinski definition) is 0. The van der Waals surface area contributed by atoms with Gasteiger partial charge in [0.15, 0.2) is 0 Å². The van der Waals surface area contributed by atoms with E-state index < -0.39 is 0 Å². The molecule has 0 amide bonds. The Bertz CT molecular complexity index is 392. The van der Waals surface area contributed by atoms with Gasteiger partial charge in [-0.1, -0.05) is 53.0 Å². The molecule has 1 fully saturated rings. The van der Waals surface area contributed by atoms with Gasteiger partial charge in [0.25, 0.3) is 0 Å². The summed E-state index contributed by atoms with van der Waals surface area (Å²) in [6.45, 7) is 0. The Hall–Kier alpha value is -0.300. The molecule has 1 unspecified atom stereocenters. The molecule has 92 valence electrons. The minimum Gasteiger partial charge on any atom is -0.0918 e. The van der Waals surface area contributed by atoms with Crippen LogP contribution in [0.3, 0.4) is 0 Å². The van der Waals surface area contributed by atoms with Gasteiger partial charge < -0.3 is 0 Å². The highest BCUT2D eigenvalue weighted by molar-refractivity contribution is 9.09. The average Bonchev–Trinajstić information content (AvgIpc) is 2.92. The maximum Gasteiger partial charge on any atom is 0.0131 e. The first-order valence-corrected chi connectivity index (χ1v) is 8.13. The lowest BCUT2D eigenvalue weighted by Crippen LogP contribution is -2.39. The van der Waals surface area contributed by atoms with Crippen molar-refractivity contribution in [1.29, 1.82) is 0 Å². The van der Waals surface area contributed by atoms with Crippen LogP contribution in [-0.2, 0) is 11.8 Å². The van der Waals surface area contributed by atoms with E-state index in [1.807, 2.05) is 0 Å². The summed E-state index contributed by atoms with van der Waals surface area (Å²) < 4.78 is 0. The standard InChI is InChI=1S/C16H21Br/c17-12-16(14-8-2-3-9-14)11-5-7-13-6-1-4-10-15(13)16/h1,4,6,10,14H,2-3,5,7-9,11-12H2. The molecule has 1 atom stereocenters. The molecule has 17 heavy (non-hydrogen) atoms. The van der Waals surface area contributed by atoms with E-state index in [0.717, 1.165) is 11.2 Å². The van der Waals surface area contributed by atoms with Crippen LogP contribution >= 0.6 is 15.9 Å². The fraction of sp³-hybridized carbons (Fsp3) is 0.625. The molecule has 1 aromatic rings. The molecule has 0 spiro atoms. The van der Waals surface area contributed by atoms with Gasteiger partial charge in [-0.2, -0.15) is 0 Å². The Balaban J connectivity index is 2.05. The summed E-state index contributed by atoms with van der Waals surface area (Å²) in [5, 5.41) is 1.15. The molecule has 0 heterocycles. The molecule has 2 aliphatic carbocycles. The van der Waals surface area contributed by atoms with Gasteiger partial charge in [0.05, 0.1) is 0 Å². The van der Waals surface area contributed by atoms with E-state index in [4.69, 9.17) is 0 Å². The van der Waals surface area contributed by atoms with Gasteiger partial charge in [-0.05, 0) is 49.1 Å². The Morgan fingerprint density at radius 3 is 2.65 bits per heavy atom. The maximum absolute atomic E-state index is 3.85. The van der Waals surface area contributed by atoms with Gasteiger partial charge in [0.2, 0.25) is 0 Å². The van der Waals surface area contributed by atoms with Gasteiger partial charge in [-0.3, -0.25) is 0 Å². The summed E-state index contributed by atoms with van der Waals surface area (Å²) in [6, 6.07) is 9.18. The molecular formula is C16H21Br.